The lowest BCUT2D eigenvalue weighted by atomic mass is 9.97. The SMILES string of the molecule is Cc1cccc(-n2ncc3ccc(C(C(N)=O)C(N)=O)cc32)c1.Cl. The number of amides is 2. The number of carbonyl (C=O) groups is 2. The maximum Gasteiger partial charge on any atom is 0.234 e. The lowest BCUT2D eigenvalue weighted by Crippen LogP contribution is -2.33. The number of benzene rings is 2. The molecule has 7 heteroatoms. The summed E-state index contributed by atoms with van der Waals surface area (Å²) in [6, 6.07) is 13.1. The lowest BCUT2D eigenvalue weighted by molar-refractivity contribution is -0.128. The second-order valence-electron chi connectivity index (χ2n) is 5.45. The molecule has 24 heavy (non-hydrogen) atoms. The molecule has 1 aromatic heterocycles. The first-order chi connectivity index (χ1) is 11.0. The Labute approximate surface area is 144 Å². The molecule has 6 nitrogen and oxygen atoms in total. The van der Waals surface area contributed by atoms with E-state index in [0.717, 1.165) is 22.2 Å². The topological polar surface area (TPSA) is 104 Å². The third-order valence-corrected chi connectivity index (χ3v) is 3.74. The van der Waals surface area contributed by atoms with Crippen LogP contribution in [0, 0.1) is 6.92 Å². The van der Waals surface area contributed by atoms with Gasteiger partial charge in [0.1, 0.15) is 5.92 Å². The van der Waals surface area contributed by atoms with Crippen LogP contribution in [0.2, 0.25) is 0 Å². The molecule has 3 aromatic rings. The number of hydrogen-bond acceptors (Lipinski definition) is 3. The predicted octanol–water partition coefficient (Wildman–Crippen LogP) is 1.81. The number of primary amides is 2. The highest BCUT2D eigenvalue weighted by Crippen LogP contribution is 2.24. The van der Waals surface area contributed by atoms with Gasteiger partial charge < -0.3 is 11.5 Å². The third-order valence-electron chi connectivity index (χ3n) is 3.74. The first-order valence-electron chi connectivity index (χ1n) is 7.11. The van der Waals surface area contributed by atoms with Crippen LogP contribution in [0.25, 0.3) is 16.6 Å². The first-order valence-corrected chi connectivity index (χ1v) is 7.11. The van der Waals surface area contributed by atoms with Crippen LogP contribution >= 0.6 is 12.4 Å². The lowest BCUT2D eigenvalue weighted by Gasteiger charge is -2.11. The number of hydrogen-bond donors (Lipinski definition) is 2. The molecule has 3 rings (SSSR count). The van der Waals surface area contributed by atoms with Crippen molar-refractivity contribution in [3.05, 3.63) is 59.8 Å². The first kappa shape index (κ1) is 17.5. The molecule has 0 aliphatic carbocycles. The van der Waals surface area contributed by atoms with Crippen LogP contribution in [-0.4, -0.2) is 21.6 Å². The molecule has 124 valence electrons. The summed E-state index contributed by atoms with van der Waals surface area (Å²) in [5.41, 5.74) is 13.8. The quantitative estimate of drug-likeness (QED) is 0.705. The third kappa shape index (κ3) is 3.09. The largest absolute Gasteiger partial charge is 0.369 e. The van der Waals surface area contributed by atoms with E-state index >= 15 is 0 Å². The molecule has 0 aliphatic rings. The average Bonchev–Trinajstić information content (AvgIpc) is 2.89. The van der Waals surface area contributed by atoms with E-state index in [1.165, 1.54) is 0 Å². The van der Waals surface area contributed by atoms with E-state index in [0.29, 0.717) is 5.56 Å². The van der Waals surface area contributed by atoms with Gasteiger partial charge in [0.25, 0.3) is 0 Å². The Bertz CT molecular complexity index is 906. The molecule has 0 saturated heterocycles. The molecule has 0 radical (unpaired) electrons. The molecule has 4 N–H and O–H groups in total. The van der Waals surface area contributed by atoms with E-state index < -0.39 is 17.7 Å². The van der Waals surface area contributed by atoms with Crippen LogP contribution in [0.5, 0.6) is 0 Å². The van der Waals surface area contributed by atoms with Gasteiger partial charge in [-0.2, -0.15) is 5.10 Å². The summed E-state index contributed by atoms with van der Waals surface area (Å²) in [6.45, 7) is 2.00. The van der Waals surface area contributed by atoms with Crippen molar-refractivity contribution in [3.63, 3.8) is 0 Å². The fourth-order valence-corrected chi connectivity index (χ4v) is 2.65. The number of fused-ring (bicyclic) bond motifs is 1. The summed E-state index contributed by atoms with van der Waals surface area (Å²) in [6.07, 6.45) is 1.73. The van der Waals surface area contributed by atoms with E-state index in [1.54, 1.807) is 29.1 Å². The summed E-state index contributed by atoms with van der Waals surface area (Å²) >= 11 is 0. The van der Waals surface area contributed by atoms with Gasteiger partial charge >= 0.3 is 0 Å². The van der Waals surface area contributed by atoms with Gasteiger partial charge in [0.15, 0.2) is 0 Å². The van der Waals surface area contributed by atoms with Gasteiger partial charge in [0.05, 0.1) is 17.4 Å². The summed E-state index contributed by atoms with van der Waals surface area (Å²) in [4.78, 5) is 23.0. The number of halogens is 1. The van der Waals surface area contributed by atoms with Crippen molar-refractivity contribution in [1.29, 1.82) is 0 Å². The van der Waals surface area contributed by atoms with Gasteiger partial charge in [0, 0.05) is 5.39 Å². The number of aromatic nitrogens is 2. The van der Waals surface area contributed by atoms with Crippen LogP contribution in [0.3, 0.4) is 0 Å². The maximum atomic E-state index is 11.5. The molecule has 1 heterocycles. The van der Waals surface area contributed by atoms with Crippen molar-refractivity contribution in [2.75, 3.05) is 0 Å². The van der Waals surface area contributed by atoms with Crippen molar-refractivity contribution >= 4 is 35.1 Å². The van der Waals surface area contributed by atoms with Crippen molar-refractivity contribution in [3.8, 4) is 5.69 Å². The number of carbonyl (C=O) groups excluding carboxylic acids is 2. The van der Waals surface area contributed by atoms with E-state index in [1.807, 2.05) is 31.2 Å². The molecule has 0 saturated carbocycles. The summed E-state index contributed by atoms with van der Waals surface area (Å²) in [5.74, 6) is -2.68. The van der Waals surface area contributed by atoms with Gasteiger partial charge in [-0.1, -0.05) is 24.3 Å². The zero-order chi connectivity index (χ0) is 16.6. The summed E-state index contributed by atoms with van der Waals surface area (Å²) in [5, 5.41) is 5.27. The minimum Gasteiger partial charge on any atom is -0.369 e. The van der Waals surface area contributed by atoms with Crippen LogP contribution < -0.4 is 11.5 Å². The van der Waals surface area contributed by atoms with Gasteiger partial charge in [0.2, 0.25) is 11.8 Å². The minimum absolute atomic E-state index is 0. The normalized spacial score (nSPS) is 10.6. The number of rotatable bonds is 4. The molecular weight excluding hydrogens is 328 g/mol. The fourth-order valence-electron chi connectivity index (χ4n) is 2.65. The van der Waals surface area contributed by atoms with Crippen molar-refractivity contribution < 1.29 is 9.59 Å². The standard InChI is InChI=1S/C17H16N4O2.ClH/c1-10-3-2-4-13(7-10)21-14-8-11(5-6-12(14)9-20-21)15(16(18)22)17(19)23;/h2-9,15H,1H3,(H2,18,22)(H2,19,23);1H. The van der Waals surface area contributed by atoms with E-state index in [2.05, 4.69) is 5.10 Å². The highest BCUT2D eigenvalue weighted by atomic mass is 35.5. The predicted molar refractivity (Wildman–Crippen MR) is 94.2 cm³/mol. The number of nitrogens with zero attached hydrogens (tertiary/aromatic N) is 2. The highest BCUT2D eigenvalue weighted by Gasteiger charge is 2.24. The molecule has 0 fully saturated rings. The maximum absolute atomic E-state index is 11.5. The van der Waals surface area contributed by atoms with Crippen molar-refractivity contribution in [1.82, 2.24) is 9.78 Å². The molecule has 2 aromatic carbocycles. The zero-order valence-corrected chi connectivity index (χ0v) is 13.8. The Balaban J connectivity index is 0.00000208. The monoisotopic (exact) mass is 344 g/mol. The van der Waals surface area contributed by atoms with E-state index in [4.69, 9.17) is 11.5 Å². The second kappa shape index (κ2) is 6.72. The Kier molecular flexibility index (Phi) is 4.90. The molecule has 0 spiro atoms. The summed E-state index contributed by atoms with van der Waals surface area (Å²) < 4.78 is 1.75. The number of aryl methyl sites for hydroxylation is 1. The molecule has 0 aliphatic heterocycles. The molecule has 0 atom stereocenters. The molecule has 0 unspecified atom stereocenters. The van der Waals surface area contributed by atoms with Crippen LogP contribution in [0.15, 0.2) is 48.7 Å². The average molecular weight is 345 g/mol. The van der Waals surface area contributed by atoms with E-state index in [-0.39, 0.29) is 12.4 Å². The second-order valence-corrected chi connectivity index (χ2v) is 5.45. The molecule has 2 amide bonds. The summed E-state index contributed by atoms with van der Waals surface area (Å²) in [7, 11) is 0. The Hall–Kier alpha value is -2.86. The van der Waals surface area contributed by atoms with Crippen LogP contribution in [0.1, 0.15) is 17.0 Å². The number of nitrogens with two attached hydrogens (primary N) is 2. The van der Waals surface area contributed by atoms with Crippen LogP contribution in [-0.2, 0) is 9.59 Å². The van der Waals surface area contributed by atoms with Gasteiger partial charge in [-0.05, 0) is 36.2 Å². The fraction of sp³-hybridized carbons (Fsp3) is 0.118. The van der Waals surface area contributed by atoms with Gasteiger partial charge in [-0.15, -0.1) is 12.4 Å². The van der Waals surface area contributed by atoms with Gasteiger partial charge in [-0.25, -0.2) is 4.68 Å². The Morgan fingerprint density at radius 2 is 1.79 bits per heavy atom. The minimum atomic E-state index is -1.15. The van der Waals surface area contributed by atoms with Crippen molar-refractivity contribution in [2.45, 2.75) is 12.8 Å². The Morgan fingerprint density at radius 1 is 1.08 bits per heavy atom. The van der Waals surface area contributed by atoms with Crippen molar-refractivity contribution in [2.24, 2.45) is 11.5 Å². The highest BCUT2D eigenvalue weighted by molar-refractivity contribution is 6.05. The van der Waals surface area contributed by atoms with Gasteiger partial charge in [-0.3, -0.25) is 9.59 Å². The molecule has 0 bridgehead atoms. The smallest absolute Gasteiger partial charge is 0.234 e. The van der Waals surface area contributed by atoms with Crippen LogP contribution in [0.4, 0.5) is 0 Å². The zero-order valence-electron chi connectivity index (χ0n) is 13.0. The Morgan fingerprint density at radius 3 is 2.42 bits per heavy atom. The van der Waals surface area contributed by atoms with E-state index in [9.17, 15) is 9.59 Å². The molecular formula is C17H17ClN4O2.